The summed E-state index contributed by atoms with van der Waals surface area (Å²) >= 11 is 0. The number of carbonyl (C=O) groups is 1. The van der Waals surface area contributed by atoms with Gasteiger partial charge in [-0.25, -0.2) is 14.5 Å². The number of aryl methyl sites for hydroxylation is 1. The van der Waals surface area contributed by atoms with Gasteiger partial charge in [0, 0.05) is 43.9 Å². The fourth-order valence-electron chi connectivity index (χ4n) is 3.69. The highest BCUT2D eigenvalue weighted by Crippen LogP contribution is 2.35. The SMILES string of the molecule is Cn1nc2cc(N3CCOc4cc(C(=O)N5C=CCCC5)cnc43)ccn2c1=O. The maximum atomic E-state index is 12.7. The van der Waals surface area contributed by atoms with E-state index in [2.05, 4.69) is 10.1 Å². The second-order valence-electron chi connectivity index (χ2n) is 7.09. The molecule has 0 radical (unpaired) electrons. The number of amides is 1. The Kier molecular flexibility index (Phi) is 4.08. The summed E-state index contributed by atoms with van der Waals surface area (Å²) in [6.07, 6.45) is 9.10. The first-order chi connectivity index (χ1) is 14.1. The second kappa shape index (κ2) is 6.77. The molecule has 2 aliphatic heterocycles. The summed E-state index contributed by atoms with van der Waals surface area (Å²) in [6.45, 7) is 1.79. The van der Waals surface area contributed by atoms with Crippen LogP contribution in [0.5, 0.6) is 5.75 Å². The van der Waals surface area contributed by atoms with Crippen LogP contribution in [0.15, 0.2) is 47.7 Å². The van der Waals surface area contributed by atoms with Gasteiger partial charge in [0.25, 0.3) is 5.91 Å². The van der Waals surface area contributed by atoms with Gasteiger partial charge in [-0.15, -0.1) is 0 Å². The van der Waals surface area contributed by atoms with Gasteiger partial charge in [-0.05, 0) is 25.0 Å². The van der Waals surface area contributed by atoms with Crippen LogP contribution in [0.3, 0.4) is 0 Å². The Hall–Kier alpha value is -3.62. The Labute approximate surface area is 166 Å². The lowest BCUT2D eigenvalue weighted by Crippen LogP contribution is -2.31. The monoisotopic (exact) mass is 392 g/mol. The first kappa shape index (κ1) is 17.5. The van der Waals surface area contributed by atoms with E-state index in [4.69, 9.17) is 4.74 Å². The zero-order valence-corrected chi connectivity index (χ0v) is 16.0. The molecule has 0 saturated heterocycles. The third-order valence-electron chi connectivity index (χ3n) is 5.19. The Morgan fingerprint density at radius 2 is 2.14 bits per heavy atom. The van der Waals surface area contributed by atoms with Crippen LogP contribution in [-0.2, 0) is 7.05 Å². The number of allylic oxidation sites excluding steroid dienone is 1. The molecule has 3 aromatic rings. The highest BCUT2D eigenvalue weighted by Gasteiger charge is 2.24. The van der Waals surface area contributed by atoms with Crippen LogP contribution < -0.4 is 15.3 Å². The Morgan fingerprint density at radius 1 is 1.24 bits per heavy atom. The van der Waals surface area contributed by atoms with Gasteiger partial charge in [0.15, 0.2) is 17.2 Å². The molecule has 0 saturated carbocycles. The van der Waals surface area contributed by atoms with E-state index in [1.165, 1.54) is 9.08 Å². The number of carbonyl (C=O) groups excluding carboxylic acids is 1. The minimum atomic E-state index is -0.193. The predicted octanol–water partition coefficient (Wildman–Crippen LogP) is 1.71. The maximum absolute atomic E-state index is 12.7. The van der Waals surface area contributed by atoms with Gasteiger partial charge in [0.1, 0.15) is 6.61 Å². The molecule has 2 aliphatic rings. The third kappa shape index (κ3) is 2.95. The summed E-state index contributed by atoms with van der Waals surface area (Å²) in [7, 11) is 1.62. The predicted molar refractivity (Wildman–Crippen MR) is 107 cm³/mol. The van der Waals surface area contributed by atoms with Crippen molar-refractivity contribution in [2.24, 2.45) is 7.05 Å². The second-order valence-corrected chi connectivity index (χ2v) is 7.09. The number of hydrogen-bond acceptors (Lipinski definition) is 6. The van der Waals surface area contributed by atoms with E-state index in [-0.39, 0.29) is 11.6 Å². The van der Waals surface area contributed by atoms with Crippen LogP contribution in [0.25, 0.3) is 5.65 Å². The normalized spacial score (nSPS) is 16.0. The van der Waals surface area contributed by atoms with Gasteiger partial charge in [0.2, 0.25) is 0 Å². The number of fused-ring (bicyclic) bond motifs is 2. The minimum absolute atomic E-state index is 0.0775. The smallest absolute Gasteiger partial charge is 0.350 e. The van der Waals surface area contributed by atoms with Gasteiger partial charge in [-0.3, -0.25) is 9.20 Å². The summed E-state index contributed by atoms with van der Waals surface area (Å²) in [6, 6.07) is 5.45. The average Bonchev–Trinajstić information content (AvgIpc) is 3.06. The Bertz CT molecular complexity index is 1190. The molecule has 9 nitrogen and oxygen atoms in total. The fraction of sp³-hybridized carbons (Fsp3) is 0.300. The van der Waals surface area contributed by atoms with Crippen LogP contribution in [0.4, 0.5) is 11.5 Å². The quantitative estimate of drug-likeness (QED) is 0.660. The van der Waals surface area contributed by atoms with Crippen molar-refractivity contribution in [3.8, 4) is 5.75 Å². The topological polar surface area (TPSA) is 85.0 Å². The van der Waals surface area contributed by atoms with Crippen LogP contribution in [0.1, 0.15) is 23.2 Å². The van der Waals surface area contributed by atoms with Crippen molar-refractivity contribution in [1.29, 1.82) is 0 Å². The number of pyridine rings is 2. The number of hydrogen-bond donors (Lipinski definition) is 0. The molecular formula is C20H20N6O3. The van der Waals surface area contributed by atoms with E-state index in [1.807, 2.05) is 29.3 Å². The van der Waals surface area contributed by atoms with Crippen molar-refractivity contribution in [3.63, 3.8) is 0 Å². The van der Waals surface area contributed by atoms with Crippen molar-refractivity contribution in [2.75, 3.05) is 24.6 Å². The number of aromatic nitrogens is 4. The molecule has 3 aromatic heterocycles. The molecule has 9 heteroatoms. The standard InChI is InChI=1S/C20H20N6O3/c1-23-20(28)26-8-5-15(12-17(26)22-23)25-9-10-29-16-11-14(13-21-18(16)25)19(27)24-6-3-2-4-7-24/h3,5-6,8,11-13H,2,4,7,9-10H2,1H3. The summed E-state index contributed by atoms with van der Waals surface area (Å²) in [5, 5.41) is 4.25. The first-order valence-corrected chi connectivity index (χ1v) is 9.55. The third-order valence-corrected chi connectivity index (χ3v) is 5.19. The van der Waals surface area contributed by atoms with E-state index in [0.717, 1.165) is 18.5 Å². The number of anilines is 2. The largest absolute Gasteiger partial charge is 0.488 e. The number of ether oxygens (including phenoxy) is 1. The van der Waals surface area contributed by atoms with Crippen molar-refractivity contribution in [3.05, 3.63) is 58.9 Å². The van der Waals surface area contributed by atoms with Gasteiger partial charge in [-0.2, -0.15) is 5.10 Å². The Balaban J connectivity index is 1.49. The molecule has 0 aromatic carbocycles. The molecule has 0 spiro atoms. The average molecular weight is 392 g/mol. The van der Waals surface area contributed by atoms with Crippen LogP contribution in [0.2, 0.25) is 0 Å². The molecule has 0 bridgehead atoms. The summed E-state index contributed by atoms with van der Waals surface area (Å²) < 4.78 is 8.59. The molecule has 0 atom stereocenters. The number of rotatable bonds is 2. The molecular weight excluding hydrogens is 372 g/mol. The van der Waals surface area contributed by atoms with Crippen molar-refractivity contribution in [1.82, 2.24) is 24.1 Å². The van der Waals surface area contributed by atoms with E-state index < -0.39 is 0 Å². The van der Waals surface area contributed by atoms with E-state index in [1.54, 1.807) is 30.4 Å². The van der Waals surface area contributed by atoms with Crippen molar-refractivity contribution < 1.29 is 9.53 Å². The highest BCUT2D eigenvalue weighted by atomic mass is 16.5. The number of nitrogens with zero attached hydrogens (tertiary/aromatic N) is 6. The van der Waals surface area contributed by atoms with Crippen molar-refractivity contribution in [2.45, 2.75) is 12.8 Å². The van der Waals surface area contributed by atoms with E-state index in [9.17, 15) is 9.59 Å². The molecule has 148 valence electrons. The lowest BCUT2D eigenvalue weighted by Gasteiger charge is -2.30. The van der Waals surface area contributed by atoms with Gasteiger partial charge in [-0.1, -0.05) is 6.08 Å². The van der Waals surface area contributed by atoms with Crippen LogP contribution in [0, 0.1) is 0 Å². The molecule has 29 heavy (non-hydrogen) atoms. The molecule has 0 aliphatic carbocycles. The molecule has 5 heterocycles. The van der Waals surface area contributed by atoms with Gasteiger partial charge >= 0.3 is 5.69 Å². The fourth-order valence-corrected chi connectivity index (χ4v) is 3.69. The summed E-state index contributed by atoms with van der Waals surface area (Å²) in [5.74, 6) is 1.14. The maximum Gasteiger partial charge on any atom is 0.350 e. The molecule has 0 N–H and O–H groups in total. The molecule has 0 fully saturated rings. The highest BCUT2D eigenvalue weighted by molar-refractivity contribution is 5.95. The molecule has 1 amide bonds. The van der Waals surface area contributed by atoms with Crippen molar-refractivity contribution >= 4 is 23.1 Å². The zero-order chi connectivity index (χ0) is 20.0. The van der Waals surface area contributed by atoms with Crippen LogP contribution >= 0.6 is 0 Å². The van der Waals surface area contributed by atoms with E-state index >= 15 is 0 Å². The summed E-state index contributed by atoms with van der Waals surface area (Å²) in [5.41, 5.74) is 1.73. The molecule has 0 unspecified atom stereocenters. The van der Waals surface area contributed by atoms with E-state index in [0.29, 0.717) is 42.5 Å². The Morgan fingerprint density at radius 3 is 2.97 bits per heavy atom. The van der Waals surface area contributed by atoms with Gasteiger partial charge in [0.05, 0.1) is 12.1 Å². The first-order valence-electron chi connectivity index (χ1n) is 9.55. The zero-order valence-electron chi connectivity index (χ0n) is 16.0. The van der Waals surface area contributed by atoms with Gasteiger partial charge < -0.3 is 14.5 Å². The van der Waals surface area contributed by atoms with Crippen LogP contribution in [-0.4, -0.2) is 49.7 Å². The lowest BCUT2D eigenvalue weighted by molar-refractivity contribution is 0.0814. The molecule has 5 rings (SSSR count). The lowest BCUT2D eigenvalue weighted by atomic mass is 10.1. The summed E-state index contributed by atoms with van der Waals surface area (Å²) in [4.78, 5) is 33.0. The minimum Gasteiger partial charge on any atom is -0.488 e.